The molecule has 2 fully saturated rings. The summed E-state index contributed by atoms with van der Waals surface area (Å²) in [7, 11) is 0. The van der Waals surface area contributed by atoms with Gasteiger partial charge in [-0.25, -0.2) is 8.78 Å². The van der Waals surface area contributed by atoms with Gasteiger partial charge >= 0.3 is 0 Å². The van der Waals surface area contributed by atoms with Gasteiger partial charge in [-0.2, -0.15) is 0 Å². The van der Waals surface area contributed by atoms with Gasteiger partial charge in [0, 0.05) is 30.8 Å². The minimum absolute atomic E-state index is 0.0140. The van der Waals surface area contributed by atoms with Crippen LogP contribution < -0.4 is 0 Å². The Morgan fingerprint density at radius 2 is 2.32 bits per heavy atom. The van der Waals surface area contributed by atoms with E-state index in [4.69, 9.17) is 0 Å². The Hall–Kier alpha value is -1.52. The minimum atomic E-state index is -2.37. The van der Waals surface area contributed by atoms with Crippen LogP contribution in [-0.4, -0.2) is 28.8 Å². The summed E-state index contributed by atoms with van der Waals surface area (Å²) < 4.78 is 25.1. The molecule has 1 aromatic rings. The number of halogens is 2. The van der Waals surface area contributed by atoms with E-state index >= 15 is 0 Å². The number of carbonyl (C=O) groups is 1. The fraction of sp³-hybridized carbons (Fsp3) is 0.571. The first-order valence-corrected chi connectivity index (χ1v) is 6.67. The van der Waals surface area contributed by atoms with Crippen LogP contribution in [0.3, 0.4) is 0 Å². The Morgan fingerprint density at radius 3 is 2.95 bits per heavy atom. The summed E-state index contributed by atoms with van der Waals surface area (Å²) >= 11 is 0. The van der Waals surface area contributed by atoms with E-state index in [2.05, 4.69) is 4.98 Å². The Kier molecular flexibility index (Phi) is 3.21. The van der Waals surface area contributed by atoms with Gasteiger partial charge in [-0.3, -0.25) is 9.78 Å². The first-order valence-electron chi connectivity index (χ1n) is 6.67. The number of hydrogen-bond acceptors (Lipinski definition) is 2. The van der Waals surface area contributed by atoms with Crippen LogP contribution in [0.5, 0.6) is 0 Å². The molecule has 1 aliphatic carbocycles. The predicted molar refractivity (Wildman–Crippen MR) is 65.5 cm³/mol. The molecule has 19 heavy (non-hydrogen) atoms. The lowest BCUT2D eigenvalue weighted by molar-refractivity contribution is -0.134. The smallest absolute Gasteiger partial charge is 0.242 e. The van der Waals surface area contributed by atoms with E-state index < -0.39 is 18.3 Å². The zero-order chi connectivity index (χ0) is 13.4. The fourth-order valence-corrected chi connectivity index (χ4v) is 2.94. The van der Waals surface area contributed by atoms with Gasteiger partial charge in [0.05, 0.1) is 6.04 Å². The molecule has 0 spiro atoms. The number of aromatic nitrogens is 1. The first kappa shape index (κ1) is 12.5. The van der Waals surface area contributed by atoms with Crippen molar-refractivity contribution in [2.75, 3.05) is 6.54 Å². The average molecular weight is 266 g/mol. The molecule has 2 aliphatic rings. The zero-order valence-corrected chi connectivity index (χ0v) is 10.5. The van der Waals surface area contributed by atoms with E-state index in [1.54, 1.807) is 17.3 Å². The number of alkyl halides is 2. The lowest BCUT2D eigenvalue weighted by atomic mass is 10.1. The fourth-order valence-electron chi connectivity index (χ4n) is 2.94. The number of amides is 1. The molecule has 3 atom stereocenters. The van der Waals surface area contributed by atoms with Gasteiger partial charge in [0.25, 0.3) is 0 Å². The summed E-state index contributed by atoms with van der Waals surface area (Å²) in [6.45, 7) is 0.671. The van der Waals surface area contributed by atoms with Crippen molar-refractivity contribution in [3.63, 3.8) is 0 Å². The molecule has 3 rings (SSSR count). The molecular formula is C14H16F2N2O. The number of pyridine rings is 1. The van der Waals surface area contributed by atoms with Gasteiger partial charge in [-0.15, -0.1) is 0 Å². The second-order valence-corrected chi connectivity index (χ2v) is 5.32. The van der Waals surface area contributed by atoms with Gasteiger partial charge in [-0.1, -0.05) is 6.07 Å². The Balaban J connectivity index is 1.72. The van der Waals surface area contributed by atoms with E-state index in [0.29, 0.717) is 13.0 Å². The molecular weight excluding hydrogens is 250 g/mol. The molecule has 0 radical (unpaired) electrons. The van der Waals surface area contributed by atoms with Crippen molar-refractivity contribution in [1.29, 1.82) is 0 Å². The largest absolute Gasteiger partial charge is 0.335 e. The van der Waals surface area contributed by atoms with Crippen molar-refractivity contribution < 1.29 is 13.6 Å². The highest BCUT2D eigenvalue weighted by Gasteiger charge is 2.51. The quantitative estimate of drug-likeness (QED) is 0.842. The Morgan fingerprint density at radius 1 is 1.47 bits per heavy atom. The molecule has 1 amide bonds. The summed E-state index contributed by atoms with van der Waals surface area (Å²) in [5.74, 6) is -1.28. The SMILES string of the molecule is O=C([C@H]1C[C@@H]1C(F)F)N1CCCC1c1cccnc1. The topological polar surface area (TPSA) is 33.2 Å². The highest BCUT2D eigenvalue weighted by Crippen LogP contribution is 2.46. The maximum atomic E-state index is 12.6. The summed E-state index contributed by atoms with van der Waals surface area (Å²) in [5, 5.41) is 0. The Labute approximate surface area is 110 Å². The van der Waals surface area contributed by atoms with E-state index in [0.717, 1.165) is 18.4 Å². The third-order valence-electron chi connectivity index (χ3n) is 4.09. The molecule has 3 nitrogen and oxygen atoms in total. The van der Waals surface area contributed by atoms with Gasteiger partial charge in [0.1, 0.15) is 0 Å². The molecule has 1 saturated heterocycles. The third kappa shape index (κ3) is 2.33. The second kappa shape index (κ2) is 4.87. The van der Waals surface area contributed by atoms with Crippen molar-refractivity contribution in [3.05, 3.63) is 30.1 Å². The van der Waals surface area contributed by atoms with Crippen molar-refractivity contribution >= 4 is 5.91 Å². The predicted octanol–water partition coefficient (Wildman–Crippen LogP) is 2.65. The molecule has 102 valence electrons. The highest BCUT2D eigenvalue weighted by molar-refractivity contribution is 5.82. The number of likely N-dealkylation sites (tertiary alicyclic amines) is 1. The minimum Gasteiger partial charge on any atom is -0.335 e. The Bertz CT molecular complexity index is 466. The van der Waals surface area contributed by atoms with Crippen LogP contribution in [0.2, 0.25) is 0 Å². The highest BCUT2D eigenvalue weighted by atomic mass is 19.3. The summed E-state index contributed by atoms with van der Waals surface area (Å²) in [6.07, 6.45) is 3.24. The van der Waals surface area contributed by atoms with Crippen LogP contribution in [0.15, 0.2) is 24.5 Å². The maximum Gasteiger partial charge on any atom is 0.242 e. The molecule has 1 aliphatic heterocycles. The van der Waals surface area contributed by atoms with E-state index in [1.807, 2.05) is 12.1 Å². The first-order chi connectivity index (χ1) is 9.18. The maximum absolute atomic E-state index is 12.6. The summed E-state index contributed by atoms with van der Waals surface area (Å²) in [6, 6.07) is 3.80. The number of carbonyl (C=O) groups excluding carboxylic acids is 1. The molecule has 0 aromatic carbocycles. The standard InChI is InChI=1S/C14H16F2N2O/c15-13(16)10-7-11(10)14(19)18-6-2-4-12(18)9-3-1-5-17-8-9/h1,3,5,8,10-13H,2,4,6-7H2/t10-,11-,12?/m0/s1. The number of hydrogen-bond donors (Lipinski definition) is 0. The van der Waals surface area contributed by atoms with Crippen molar-refractivity contribution in [2.24, 2.45) is 11.8 Å². The molecule has 1 unspecified atom stereocenters. The van der Waals surface area contributed by atoms with Gasteiger partial charge in [-0.05, 0) is 30.9 Å². The van der Waals surface area contributed by atoms with Crippen LogP contribution in [0.1, 0.15) is 30.9 Å². The number of nitrogens with zero attached hydrogens (tertiary/aromatic N) is 2. The second-order valence-electron chi connectivity index (χ2n) is 5.32. The van der Waals surface area contributed by atoms with Crippen molar-refractivity contribution in [1.82, 2.24) is 9.88 Å². The molecule has 0 N–H and O–H groups in total. The zero-order valence-electron chi connectivity index (χ0n) is 10.5. The van der Waals surface area contributed by atoms with Crippen LogP contribution in [0, 0.1) is 11.8 Å². The van der Waals surface area contributed by atoms with Crippen LogP contribution >= 0.6 is 0 Å². The van der Waals surface area contributed by atoms with Crippen LogP contribution in [0.4, 0.5) is 8.78 Å². The van der Waals surface area contributed by atoms with Crippen LogP contribution in [0.25, 0.3) is 0 Å². The monoisotopic (exact) mass is 266 g/mol. The normalized spacial score (nSPS) is 29.8. The van der Waals surface area contributed by atoms with Crippen molar-refractivity contribution in [3.8, 4) is 0 Å². The summed E-state index contributed by atoms with van der Waals surface area (Å²) in [4.78, 5) is 18.1. The average Bonchev–Trinajstić information content (AvgIpc) is 3.08. The lowest BCUT2D eigenvalue weighted by Gasteiger charge is -2.25. The van der Waals surface area contributed by atoms with E-state index in [1.165, 1.54) is 0 Å². The van der Waals surface area contributed by atoms with Gasteiger partial charge in [0.15, 0.2) is 0 Å². The van der Waals surface area contributed by atoms with Crippen LogP contribution in [-0.2, 0) is 4.79 Å². The molecule has 1 aromatic heterocycles. The molecule has 1 saturated carbocycles. The van der Waals surface area contributed by atoms with Gasteiger partial charge in [0.2, 0.25) is 12.3 Å². The molecule has 5 heteroatoms. The van der Waals surface area contributed by atoms with E-state index in [9.17, 15) is 13.6 Å². The summed E-state index contributed by atoms with van der Waals surface area (Å²) in [5.41, 5.74) is 1.00. The number of rotatable bonds is 3. The van der Waals surface area contributed by atoms with Crippen molar-refractivity contribution in [2.45, 2.75) is 31.7 Å². The molecule has 2 heterocycles. The molecule has 0 bridgehead atoms. The van der Waals surface area contributed by atoms with Gasteiger partial charge < -0.3 is 4.90 Å². The third-order valence-corrected chi connectivity index (χ3v) is 4.09. The van der Waals surface area contributed by atoms with E-state index in [-0.39, 0.29) is 11.9 Å². The lowest BCUT2D eigenvalue weighted by Crippen LogP contribution is -2.32.